The molecule has 5 heteroatoms. The second kappa shape index (κ2) is 4.30. The summed E-state index contributed by atoms with van der Waals surface area (Å²) >= 11 is 0. The third kappa shape index (κ3) is 2.62. The molecule has 0 radical (unpaired) electrons. The molecule has 1 heterocycles. The zero-order valence-corrected chi connectivity index (χ0v) is 7.16. The Morgan fingerprint density at radius 3 is 2.92 bits per heavy atom. The molecule has 0 unspecified atom stereocenters. The van der Waals surface area contributed by atoms with Crippen molar-refractivity contribution in [2.24, 2.45) is 0 Å². The summed E-state index contributed by atoms with van der Waals surface area (Å²) in [6, 6.07) is 3.32. The molecule has 0 saturated heterocycles. The fraction of sp³-hybridized carbons (Fsp3) is 0.250. The number of H-pyrrole nitrogens is 1. The number of carbonyl (C=O) groups excluding carboxylic acids is 2. The number of aromatic amines is 1. The minimum Gasteiger partial charge on any atom is -0.468 e. The maximum atomic E-state index is 11.2. The quantitative estimate of drug-likeness (QED) is 0.642. The van der Waals surface area contributed by atoms with Crippen molar-refractivity contribution in [1.29, 1.82) is 0 Å². The van der Waals surface area contributed by atoms with Crippen LogP contribution in [0.15, 0.2) is 18.3 Å². The van der Waals surface area contributed by atoms with Gasteiger partial charge in [-0.15, -0.1) is 0 Å². The molecule has 0 bridgehead atoms. The standard InChI is InChI=1S/C8H10N2O3/c1-13-7(11)5-10-8(12)6-3-2-4-9-6/h2-4,9H,5H2,1H3,(H,10,12). The number of aromatic nitrogens is 1. The first kappa shape index (κ1) is 9.31. The van der Waals surface area contributed by atoms with Crippen LogP contribution in [0.4, 0.5) is 0 Å². The summed E-state index contributed by atoms with van der Waals surface area (Å²) in [7, 11) is 1.27. The molecule has 2 N–H and O–H groups in total. The normalized spacial score (nSPS) is 9.31. The van der Waals surface area contributed by atoms with Crippen molar-refractivity contribution >= 4 is 11.9 Å². The maximum absolute atomic E-state index is 11.2. The topological polar surface area (TPSA) is 71.2 Å². The summed E-state index contributed by atoms with van der Waals surface area (Å²) in [5, 5.41) is 2.39. The lowest BCUT2D eigenvalue weighted by Crippen LogP contribution is -2.30. The minimum atomic E-state index is -0.472. The molecule has 0 aliphatic rings. The molecule has 0 saturated carbocycles. The van der Waals surface area contributed by atoms with Crippen LogP contribution in [0.5, 0.6) is 0 Å². The van der Waals surface area contributed by atoms with Crippen molar-refractivity contribution in [3.63, 3.8) is 0 Å². The van der Waals surface area contributed by atoms with Crippen LogP contribution in [0.1, 0.15) is 10.5 Å². The van der Waals surface area contributed by atoms with Crippen LogP contribution in [0.3, 0.4) is 0 Å². The molecule has 70 valence electrons. The van der Waals surface area contributed by atoms with Crippen LogP contribution < -0.4 is 5.32 Å². The lowest BCUT2D eigenvalue weighted by Gasteiger charge is -2.00. The molecule has 0 spiro atoms. The predicted molar refractivity (Wildman–Crippen MR) is 45.1 cm³/mol. The van der Waals surface area contributed by atoms with E-state index >= 15 is 0 Å². The second-order valence-corrected chi connectivity index (χ2v) is 2.34. The molecule has 0 aliphatic heterocycles. The summed E-state index contributed by atoms with van der Waals surface area (Å²) in [6.07, 6.45) is 1.63. The van der Waals surface area contributed by atoms with Crippen LogP contribution in [0.25, 0.3) is 0 Å². The van der Waals surface area contributed by atoms with Gasteiger partial charge < -0.3 is 15.0 Å². The van der Waals surface area contributed by atoms with Gasteiger partial charge in [-0.1, -0.05) is 0 Å². The number of ether oxygens (including phenoxy) is 1. The van der Waals surface area contributed by atoms with E-state index in [0.717, 1.165) is 0 Å². The van der Waals surface area contributed by atoms with Crippen LogP contribution in [-0.2, 0) is 9.53 Å². The highest BCUT2D eigenvalue weighted by atomic mass is 16.5. The van der Waals surface area contributed by atoms with Gasteiger partial charge in [-0.3, -0.25) is 9.59 Å². The maximum Gasteiger partial charge on any atom is 0.325 e. The number of amides is 1. The van der Waals surface area contributed by atoms with Gasteiger partial charge in [-0.2, -0.15) is 0 Å². The van der Waals surface area contributed by atoms with E-state index in [4.69, 9.17) is 0 Å². The first-order valence-corrected chi connectivity index (χ1v) is 3.72. The van der Waals surface area contributed by atoms with Gasteiger partial charge in [0.1, 0.15) is 12.2 Å². The molecule has 0 atom stereocenters. The van der Waals surface area contributed by atoms with Gasteiger partial charge in [-0.25, -0.2) is 0 Å². The van der Waals surface area contributed by atoms with Gasteiger partial charge >= 0.3 is 5.97 Å². The molecular weight excluding hydrogens is 172 g/mol. The van der Waals surface area contributed by atoms with E-state index in [-0.39, 0.29) is 12.5 Å². The summed E-state index contributed by atoms with van der Waals surface area (Å²) in [4.78, 5) is 24.5. The zero-order chi connectivity index (χ0) is 9.68. The lowest BCUT2D eigenvalue weighted by atomic mass is 10.4. The SMILES string of the molecule is COC(=O)CNC(=O)c1ccc[nH]1. The van der Waals surface area contributed by atoms with Gasteiger partial charge in [-0.05, 0) is 12.1 Å². The van der Waals surface area contributed by atoms with Crippen molar-refractivity contribution in [2.45, 2.75) is 0 Å². The molecule has 0 aliphatic carbocycles. The summed E-state index contributed by atoms with van der Waals surface area (Å²) in [6.45, 7) is -0.117. The van der Waals surface area contributed by atoms with Crippen LogP contribution >= 0.6 is 0 Å². The first-order valence-electron chi connectivity index (χ1n) is 3.72. The van der Waals surface area contributed by atoms with Crippen molar-refractivity contribution in [3.05, 3.63) is 24.0 Å². The monoisotopic (exact) mass is 182 g/mol. The van der Waals surface area contributed by atoms with E-state index in [1.165, 1.54) is 7.11 Å². The van der Waals surface area contributed by atoms with E-state index < -0.39 is 5.97 Å². The number of esters is 1. The molecule has 0 aromatic carbocycles. The fourth-order valence-corrected chi connectivity index (χ4v) is 0.791. The van der Waals surface area contributed by atoms with E-state index in [0.29, 0.717) is 5.69 Å². The molecule has 1 aromatic rings. The van der Waals surface area contributed by atoms with Gasteiger partial charge in [0.25, 0.3) is 5.91 Å². The van der Waals surface area contributed by atoms with Crippen LogP contribution in [-0.4, -0.2) is 30.5 Å². The van der Waals surface area contributed by atoms with Gasteiger partial charge in [0.2, 0.25) is 0 Å². The van der Waals surface area contributed by atoms with E-state index in [1.807, 2.05) is 0 Å². The Bertz CT molecular complexity index is 292. The van der Waals surface area contributed by atoms with E-state index in [2.05, 4.69) is 15.0 Å². The van der Waals surface area contributed by atoms with Gasteiger partial charge in [0.05, 0.1) is 7.11 Å². The van der Waals surface area contributed by atoms with Crippen LogP contribution in [0.2, 0.25) is 0 Å². The fourth-order valence-electron chi connectivity index (χ4n) is 0.791. The minimum absolute atomic E-state index is 0.117. The second-order valence-electron chi connectivity index (χ2n) is 2.34. The average molecular weight is 182 g/mol. The highest BCUT2D eigenvalue weighted by Gasteiger charge is 2.07. The molecule has 1 amide bonds. The first-order chi connectivity index (χ1) is 6.24. The number of carbonyl (C=O) groups is 2. The Balaban J connectivity index is 2.39. The summed E-state index contributed by atoms with van der Waals surface area (Å²) < 4.78 is 4.35. The molecule has 0 fully saturated rings. The highest BCUT2D eigenvalue weighted by molar-refractivity contribution is 5.94. The number of nitrogens with one attached hydrogen (secondary N) is 2. The predicted octanol–water partition coefficient (Wildman–Crippen LogP) is -0.0825. The Morgan fingerprint density at radius 1 is 1.62 bits per heavy atom. The molecule has 1 aromatic heterocycles. The van der Waals surface area contributed by atoms with Crippen molar-refractivity contribution in [1.82, 2.24) is 10.3 Å². The molecule has 1 rings (SSSR count). The van der Waals surface area contributed by atoms with E-state index in [1.54, 1.807) is 18.3 Å². The largest absolute Gasteiger partial charge is 0.468 e. The third-order valence-corrected chi connectivity index (χ3v) is 1.46. The third-order valence-electron chi connectivity index (χ3n) is 1.46. The Hall–Kier alpha value is -1.78. The van der Waals surface area contributed by atoms with E-state index in [9.17, 15) is 9.59 Å². The smallest absolute Gasteiger partial charge is 0.325 e. The molecular formula is C8H10N2O3. The highest BCUT2D eigenvalue weighted by Crippen LogP contribution is 1.92. The van der Waals surface area contributed by atoms with Gasteiger partial charge in [0, 0.05) is 6.20 Å². The zero-order valence-electron chi connectivity index (χ0n) is 7.16. The Kier molecular flexibility index (Phi) is 3.08. The summed E-state index contributed by atoms with van der Waals surface area (Å²) in [5.41, 5.74) is 0.420. The molecule has 13 heavy (non-hydrogen) atoms. The van der Waals surface area contributed by atoms with Crippen molar-refractivity contribution in [2.75, 3.05) is 13.7 Å². The van der Waals surface area contributed by atoms with Gasteiger partial charge in [0.15, 0.2) is 0 Å². The van der Waals surface area contributed by atoms with Crippen LogP contribution in [0, 0.1) is 0 Å². The van der Waals surface area contributed by atoms with Crippen molar-refractivity contribution < 1.29 is 14.3 Å². The average Bonchev–Trinajstić information content (AvgIpc) is 2.66. The Labute approximate surface area is 75.1 Å². The van der Waals surface area contributed by atoms with Crippen molar-refractivity contribution in [3.8, 4) is 0 Å². The Morgan fingerprint density at radius 2 is 2.38 bits per heavy atom. The number of rotatable bonds is 3. The number of hydrogen-bond donors (Lipinski definition) is 2. The molecule has 5 nitrogen and oxygen atoms in total. The number of hydrogen-bond acceptors (Lipinski definition) is 3. The summed E-state index contributed by atoms with van der Waals surface area (Å²) in [5.74, 6) is -0.796. The number of methoxy groups -OCH3 is 1. The lowest BCUT2D eigenvalue weighted by molar-refractivity contribution is -0.139.